The van der Waals surface area contributed by atoms with Crippen LogP contribution in [-0.2, 0) is 16.4 Å². The molecule has 3 aromatic carbocycles. The van der Waals surface area contributed by atoms with E-state index in [1.165, 1.54) is 16.4 Å². The molecule has 1 aliphatic rings. The lowest BCUT2D eigenvalue weighted by atomic mass is 10.00. The van der Waals surface area contributed by atoms with Gasteiger partial charge in [-0.05, 0) is 73.4 Å². The van der Waals surface area contributed by atoms with Gasteiger partial charge in [-0.2, -0.15) is 0 Å². The first kappa shape index (κ1) is 21.4. The number of amides is 1. The molecular formula is C24H23ClN2O3S. The fourth-order valence-electron chi connectivity index (χ4n) is 3.79. The molecule has 1 atom stereocenters. The zero-order chi connectivity index (χ0) is 22.0. The molecule has 0 bridgehead atoms. The van der Waals surface area contributed by atoms with Crippen LogP contribution in [-0.4, -0.2) is 20.9 Å². The second kappa shape index (κ2) is 8.73. The maximum Gasteiger partial charge on any atom is 0.264 e. The van der Waals surface area contributed by atoms with Crippen molar-refractivity contribution in [3.63, 3.8) is 0 Å². The van der Waals surface area contributed by atoms with E-state index < -0.39 is 10.0 Å². The summed E-state index contributed by atoms with van der Waals surface area (Å²) in [5, 5.41) is 3.49. The smallest absolute Gasteiger partial charge is 0.264 e. The van der Waals surface area contributed by atoms with E-state index in [9.17, 15) is 13.2 Å². The second-order valence-corrected chi connectivity index (χ2v) is 9.88. The summed E-state index contributed by atoms with van der Waals surface area (Å²) in [4.78, 5) is 13.0. The minimum absolute atomic E-state index is 0.133. The lowest BCUT2D eigenvalue weighted by Crippen LogP contribution is -2.35. The van der Waals surface area contributed by atoms with Crippen molar-refractivity contribution in [2.45, 2.75) is 30.7 Å². The van der Waals surface area contributed by atoms with Gasteiger partial charge in [-0.15, -0.1) is 0 Å². The van der Waals surface area contributed by atoms with Gasteiger partial charge in [-0.1, -0.05) is 41.9 Å². The van der Waals surface area contributed by atoms with Gasteiger partial charge < -0.3 is 5.32 Å². The van der Waals surface area contributed by atoms with E-state index >= 15 is 0 Å². The summed E-state index contributed by atoms with van der Waals surface area (Å²) in [6.45, 7) is 2.33. The molecule has 1 amide bonds. The second-order valence-electron chi connectivity index (χ2n) is 7.58. The summed E-state index contributed by atoms with van der Waals surface area (Å²) in [5.41, 5.74) is 3.01. The fourth-order valence-corrected chi connectivity index (χ4v) is 5.46. The van der Waals surface area contributed by atoms with E-state index in [0.29, 0.717) is 29.2 Å². The Morgan fingerprint density at radius 3 is 2.45 bits per heavy atom. The van der Waals surface area contributed by atoms with E-state index in [2.05, 4.69) is 5.32 Å². The van der Waals surface area contributed by atoms with Crippen LogP contribution in [0.1, 0.15) is 40.9 Å². The highest BCUT2D eigenvalue weighted by molar-refractivity contribution is 7.92. The lowest BCUT2D eigenvalue weighted by Gasteiger charge is -2.31. The van der Waals surface area contributed by atoms with E-state index in [-0.39, 0.29) is 16.8 Å². The van der Waals surface area contributed by atoms with Crippen molar-refractivity contribution in [3.8, 4) is 0 Å². The van der Waals surface area contributed by atoms with E-state index in [1.807, 2.05) is 37.3 Å². The Kier molecular flexibility index (Phi) is 6.03. The summed E-state index contributed by atoms with van der Waals surface area (Å²) in [7, 11) is -3.71. The molecule has 0 saturated heterocycles. The van der Waals surface area contributed by atoms with Crippen LogP contribution in [0.5, 0.6) is 0 Å². The molecule has 0 unspecified atom stereocenters. The van der Waals surface area contributed by atoms with Gasteiger partial charge in [0.2, 0.25) is 0 Å². The minimum atomic E-state index is -3.71. The van der Waals surface area contributed by atoms with Crippen molar-refractivity contribution in [3.05, 3.63) is 94.5 Å². The number of rotatable bonds is 5. The highest BCUT2D eigenvalue weighted by Crippen LogP contribution is 2.33. The van der Waals surface area contributed by atoms with Crippen LogP contribution in [0, 0.1) is 0 Å². The summed E-state index contributed by atoms with van der Waals surface area (Å²) in [6.07, 6.45) is 1.41. The molecule has 0 saturated carbocycles. The molecule has 31 heavy (non-hydrogen) atoms. The highest BCUT2D eigenvalue weighted by atomic mass is 35.5. The molecule has 0 radical (unpaired) electrons. The fraction of sp³-hybridized carbons (Fsp3) is 0.208. The Morgan fingerprint density at radius 1 is 1.03 bits per heavy atom. The summed E-state index contributed by atoms with van der Waals surface area (Å²) < 4.78 is 27.8. The van der Waals surface area contributed by atoms with Crippen molar-refractivity contribution >= 4 is 33.2 Å². The van der Waals surface area contributed by atoms with Crippen LogP contribution in [0.4, 0.5) is 5.69 Å². The standard InChI is InChI=1S/C24H23ClN2O3S/c1-17(18-6-3-2-4-7-18)26-24(28)20-9-14-23-19(16-20)8-5-15-27(23)31(29,30)22-12-10-21(25)11-13-22/h2-4,6-7,9-14,16-17H,5,8,15H2,1H3,(H,26,28)/t17-/m1/s1. The molecule has 0 aliphatic carbocycles. The van der Waals surface area contributed by atoms with Crippen molar-refractivity contribution in [2.24, 2.45) is 0 Å². The van der Waals surface area contributed by atoms with Gasteiger partial charge in [-0.25, -0.2) is 8.42 Å². The normalized spacial score (nSPS) is 14.6. The topological polar surface area (TPSA) is 66.5 Å². The molecule has 4 rings (SSSR count). The number of anilines is 1. The molecular weight excluding hydrogens is 432 g/mol. The first-order chi connectivity index (χ1) is 14.9. The average Bonchev–Trinajstić information content (AvgIpc) is 2.79. The van der Waals surface area contributed by atoms with Crippen molar-refractivity contribution in [2.75, 3.05) is 10.8 Å². The molecule has 160 valence electrons. The van der Waals surface area contributed by atoms with E-state index in [1.54, 1.807) is 30.3 Å². The van der Waals surface area contributed by atoms with Crippen LogP contribution in [0.15, 0.2) is 77.7 Å². The number of benzene rings is 3. The van der Waals surface area contributed by atoms with Gasteiger partial charge in [0.25, 0.3) is 15.9 Å². The number of sulfonamides is 1. The van der Waals surface area contributed by atoms with Gasteiger partial charge in [-0.3, -0.25) is 9.10 Å². The number of nitrogens with one attached hydrogen (secondary N) is 1. The summed E-state index contributed by atoms with van der Waals surface area (Å²) in [6, 6.07) is 21.0. The van der Waals surface area contributed by atoms with Gasteiger partial charge in [0.1, 0.15) is 0 Å². The Labute approximate surface area is 187 Å². The Hall–Kier alpha value is -2.83. The SMILES string of the molecule is C[C@@H](NC(=O)c1ccc2c(c1)CCCN2S(=O)(=O)c1ccc(Cl)cc1)c1ccccc1. The van der Waals surface area contributed by atoms with Crippen molar-refractivity contribution in [1.82, 2.24) is 5.32 Å². The molecule has 3 aromatic rings. The number of carbonyl (C=O) groups excluding carboxylic acids is 1. The quantitative estimate of drug-likeness (QED) is 0.591. The number of hydrogen-bond acceptors (Lipinski definition) is 3. The Balaban J connectivity index is 1.58. The lowest BCUT2D eigenvalue weighted by molar-refractivity contribution is 0.0940. The zero-order valence-electron chi connectivity index (χ0n) is 17.1. The molecule has 1 aliphatic heterocycles. The number of halogens is 1. The molecule has 0 spiro atoms. The Morgan fingerprint density at radius 2 is 1.74 bits per heavy atom. The maximum absolute atomic E-state index is 13.2. The predicted octanol–water partition coefficient (Wildman–Crippen LogP) is 4.97. The first-order valence-electron chi connectivity index (χ1n) is 10.1. The van der Waals surface area contributed by atoms with E-state index in [4.69, 9.17) is 11.6 Å². The van der Waals surface area contributed by atoms with Gasteiger partial charge >= 0.3 is 0 Å². The predicted molar refractivity (Wildman–Crippen MR) is 123 cm³/mol. The summed E-state index contributed by atoms with van der Waals surface area (Å²) in [5.74, 6) is -0.183. The number of hydrogen-bond donors (Lipinski definition) is 1. The molecule has 5 nitrogen and oxygen atoms in total. The van der Waals surface area contributed by atoms with Crippen LogP contribution < -0.4 is 9.62 Å². The van der Waals surface area contributed by atoms with Crippen LogP contribution in [0.3, 0.4) is 0 Å². The monoisotopic (exact) mass is 454 g/mol. The minimum Gasteiger partial charge on any atom is -0.346 e. The van der Waals surface area contributed by atoms with Gasteiger partial charge in [0, 0.05) is 17.1 Å². The molecule has 1 N–H and O–H groups in total. The number of carbonyl (C=O) groups is 1. The Bertz CT molecular complexity index is 1200. The number of nitrogens with zero attached hydrogens (tertiary/aromatic N) is 1. The molecule has 0 fully saturated rings. The zero-order valence-corrected chi connectivity index (χ0v) is 18.7. The van der Waals surface area contributed by atoms with Crippen molar-refractivity contribution < 1.29 is 13.2 Å². The van der Waals surface area contributed by atoms with Crippen molar-refractivity contribution in [1.29, 1.82) is 0 Å². The third-order valence-corrected chi connectivity index (χ3v) is 7.55. The molecule has 0 aromatic heterocycles. The highest BCUT2D eigenvalue weighted by Gasteiger charge is 2.29. The van der Waals surface area contributed by atoms with Crippen LogP contribution >= 0.6 is 11.6 Å². The van der Waals surface area contributed by atoms with Crippen LogP contribution in [0.2, 0.25) is 5.02 Å². The number of fused-ring (bicyclic) bond motifs is 1. The maximum atomic E-state index is 13.2. The third-order valence-electron chi connectivity index (χ3n) is 5.47. The first-order valence-corrected chi connectivity index (χ1v) is 11.9. The van der Waals surface area contributed by atoms with E-state index in [0.717, 1.165) is 17.5 Å². The largest absolute Gasteiger partial charge is 0.346 e. The van der Waals surface area contributed by atoms with Gasteiger partial charge in [0.05, 0.1) is 16.6 Å². The average molecular weight is 455 g/mol. The van der Waals surface area contributed by atoms with Gasteiger partial charge in [0.15, 0.2) is 0 Å². The van der Waals surface area contributed by atoms with Crippen LogP contribution in [0.25, 0.3) is 0 Å². The third kappa shape index (κ3) is 4.45. The molecule has 1 heterocycles. The summed E-state index contributed by atoms with van der Waals surface area (Å²) >= 11 is 5.90. The molecule has 7 heteroatoms. The number of aryl methyl sites for hydroxylation is 1.